The number of carbonyl (C=O) groups excluding carboxylic acids is 1. The number of carbonyl (C=O) groups is 1. The van der Waals surface area contributed by atoms with Gasteiger partial charge in [-0.15, -0.1) is 0 Å². The van der Waals surface area contributed by atoms with Crippen LogP contribution >= 0.6 is 0 Å². The Kier molecular flexibility index (Phi) is 5.91. The van der Waals surface area contributed by atoms with Crippen LogP contribution in [0.4, 0.5) is 10.2 Å². The molecule has 0 aromatic carbocycles. The summed E-state index contributed by atoms with van der Waals surface area (Å²) in [5.74, 6) is 0.514. The number of fused-ring (bicyclic) bond motifs is 1. The van der Waals surface area contributed by atoms with E-state index < -0.39 is 35.9 Å². The fourth-order valence-electron chi connectivity index (χ4n) is 6.21. The fourth-order valence-corrected chi connectivity index (χ4v) is 8.51. The first kappa shape index (κ1) is 23.6. The van der Waals surface area contributed by atoms with E-state index in [-0.39, 0.29) is 16.7 Å². The zero-order valence-electron chi connectivity index (χ0n) is 20.2. The molecule has 1 spiro atoms. The molecule has 1 amide bonds. The molecule has 8 heteroatoms. The summed E-state index contributed by atoms with van der Waals surface area (Å²) in [6, 6.07) is 2.08. The van der Waals surface area contributed by atoms with Crippen molar-refractivity contribution in [2.45, 2.75) is 52.5 Å². The summed E-state index contributed by atoms with van der Waals surface area (Å²) in [4.78, 5) is 20.9. The Hall–Kier alpha value is -2.14. The Morgan fingerprint density at radius 3 is 2.79 bits per heavy atom. The van der Waals surface area contributed by atoms with Gasteiger partial charge in [0.05, 0.1) is 0 Å². The van der Waals surface area contributed by atoms with Crippen molar-refractivity contribution < 1.29 is 9.18 Å². The second-order valence-corrected chi connectivity index (χ2v) is 15.0. The summed E-state index contributed by atoms with van der Waals surface area (Å²) in [5, 5.41) is 10.4. The Balaban J connectivity index is 1.62. The summed E-state index contributed by atoms with van der Waals surface area (Å²) >= 11 is -1.15. The number of pyridine rings is 1. The fraction of sp³-hybridized carbons (Fsp3) is 0.538. The van der Waals surface area contributed by atoms with Gasteiger partial charge in [-0.3, -0.25) is 0 Å². The van der Waals surface area contributed by atoms with Gasteiger partial charge in [-0.2, -0.15) is 0 Å². The van der Waals surface area contributed by atoms with Gasteiger partial charge >= 0.3 is 206 Å². The molecular formula is C26H30FInN5O. The molecule has 1 radical (unpaired) electrons. The second-order valence-electron chi connectivity index (χ2n) is 10.9. The van der Waals surface area contributed by atoms with Gasteiger partial charge < -0.3 is 0 Å². The maximum atomic E-state index is 14.6. The molecule has 1 aliphatic carbocycles. The number of nitriles is 1. The quantitative estimate of drug-likeness (QED) is 0.528. The van der Waals surface area contributed by atoms with Crippen molar-refractivity contribution in [3.63, 3.8) is 0 Å². The molecule has 4 heterocycles. The minimum atomic E-state index is -1.15. The average Bonchev–Trinajstić information content (AvgIpc) is 3.38. The molecule has 6 nitrogen and oxygen atoms in total. The van der Waals surface area contributed by atoms with E-state index in [1.165, 1.54) is 15.0 Å². The van der Waals surface area contributed by atoms with Crippen LogP contribution in [-0.4, -0.2) is 77.6 Å². The predicted molar refractivity (Wildman–Crippen MR) is 133 cm³/mol. The first-order valence-corrected chi connectivity index (χ1v) is 15.1. The summed E-state index contributed by atoms with van der Waals surface area (Å²) < 4.78 is 20.6. The molecule has 1 atom stereocenters. The van der Waals surface area contributed by atoms with Gasteiger partial charge in [-0.25, -0.2) is 0 Å². The number of alkyl halides is 1. The zero-order valence-corrected chi connectivity index (χ0v) is 23.5. The monoisotopic (exact) mass is 562 g/mol. The first-order chi connectivity index (χ1) is 16.2. The van der Waals surface area contributed by atoms with Crippen LogP contribution in [0.1, 0.15) is 56.0 Å². The van der Waals surface area contributed by atoms with Crippen molar-refractivity contribution in [2.24, 2.45) is 13.8 Å². The molecule has 0 N–H and O–H groups in total. The molecule has 4 aliphatic rings. The van der Waals surface area contributed by atoms with Crippen LogP contribution in [0.5, 0.6) is 0 Å². The van der Waals surface area contributed by atoms with Crippen LogP contribution in [0.15, 0.2) is 19.0 Å². The molecular weight excluding hydrogens is 532 g/mol. The van der Waals surface area contributed by atoms with E-state index in [9.17, 15) is 14.4 Å². The predicted octanol–water partition coefficient (Wildman–Crippen LogP) is 3.47. The number of nitrogens with zero attached hydrogens (tertiary/aromatic N) is 5. The Morgan fingerprint density at radius 1 is 1.41 bits per heavy atom. The third-order valence-electron chi connectivity index (χ3n) is 8.19. The number of hydrogen-bond donors (Lipinski definition) is 0. The van der Waals surface area contributed by atoms with Crippen molar-refractivity contribution in [3.8, 4) is 6.07 Å². The summed E-state index contributed by atoms with van der Waals surface area (Å²) in [7, 11) is 0. The molecule has 175 valence electrons. The number of anilines is 1. The summed E-state index contributed by atoms with van der Waals surface area (Å²) in [5.41, 5.74) is 4.74. The summed E-state index contributed by atoms with van der Waals surface area (Å²) in [6.07, 6.45) is 6.87. The van der Waals surface area contributed by atoms with Gasteiger partial charge in [0.25, 0.3) is 0 Å². The maximum absolute atomic E-state index is 14.6. The van der Waals surface area contributed by atoms with Crippen molar-refractivity contribution in [3.05, 3.63) is 38.4 Å². The van der Waals surface area contributed by atoms with E-state index in [0.717, 1.165) is 42.5 Å². The average molecular weight is 562 g/mol. The third-order valence-corrected chi connectivity index (χ3v) is 11.0. The van der Waals surface area contributed by atoms with E-state index in [4.69, 9.17) is 4.98 Å². The van der Waals surface area contributed by atoms with E-state index in [0.29, 0.717) is 31.0 Å². The minimum absolute atomic E-state index is 0.107. The number of allylic oxidation sites excluding steroid dienone is 2. The van der Waals surface area contributed by atoms with E-state index in [1.54, 1.807) is 4.90 Å². The summed E-state index contributed by atoms with van der Waals surface area (Å²) in [6.45, 7) is 11.4. The standard InChI is InChI=1S/C26H30FN5O.In/c1-5-17(13-28)23-18-7-8-25(3,4)11-20(18)30-24(19(23)14-29)32-10-9-26(21(32)12-27)15-31(16-26)22(33)6-2;/h6,13,21H,2,7-12,15-16H2,1,3-4H3;/q-1;+1/t21-;/m0./s1. The van der Waals surface area contributed by atoms with Gasteiger partial charge in [0.2, 0.25) is 0 Å². The molecule has 1 aromatic rings. The second kappa shape index (κ2) is 8.51. The van der Waals surface area contributed by atoms with Crippen LogP contribution in [0.3, 0.4) is 0 Å². The molecule has 0 saturated carbocycles. The number of halogens is 1. The molecule has 2 saturated heterocycles. The van der Waals surface area contributed by atoms with Crippen LogP contribution in [-0.2, 0) is 17.6 Å². The zero-order chi connectivity index (χ0) is 24.3. The number of likely N-dealkylation sites (tertiary alicyclic amines) is 1. The first-order valence-electron chi connectivity index (χ1n) is 12.0. The van der Waals surface area contributed by atoms with Crippen molar-refractivity contribution in [1.29, 1.82) is 5.26 Å². The molecule has 2 fully saturated rings. The van der Waals surface area contributed by atoms with Crippen molar-refractivity contribution >= 4 is 46.7 Å². The van der Waals surface area contributed by atoms with Gasteiger partial charge in [0, 0.05) is 0 Å². The van der Waals surface area contributed by atoms with E-state index in [2.05, 4.69) is 36.4 Å². The van der Waals surface area contributed by atoms with Gasteiger partial charge in [-0.1, -0.05) is 6.58 Å². The Morgan fingerprint density at radius 2 is 2.18 bits per heavy atom. The number of amides is 1. The molecule has 1 aromatic heterocycles. The third kappa shape index (κ3) is 3.62. The topological polar surface area (TPSA) is 72.6 Å². The van der Waals surface area contributed by atoms with Crippen LogP contribution in [0, 0.1) is 22.2 Å². The van der Waals surface area contributed by atoms with Crippen LogP contribution < -0.4 is 4.90 Å². The molecule has 0 bridgehead atoms. The van der Waals surface area contributed by atoms with E-state index in [1.807, 2.05) is 11.1 Å². The SMILES string of the molecule is C=CC(=O)N1CC2(CCN(c3nc4c(c(C5=[C](C)[In][N]=C5)c3C#N)CCC(C)(C)C4)[C@H]2CF)C1. The molecule has 5 rings (SSSR count). The normalized spacial score (nSPS) is 24.0. The number of rotatable bonds is 4. The Labute approximate surface area is 212 Å². The van der Waals surface area contributed by atoms with Gasteiger partial charge in [-0.05, 0) is 0 Å². The Bertz CT molecular complexity index is 1170. The van der Waals surface area contributed by atoms with Gasteiger partial charge in [0.1, 0.15) is 0 Å². The van der Waals surface area contributed by atoms with Gasteiger partial charge in [0.15, 0.2) is 0 Å². The van der Waals surface area contributed by atoms with Crippen molar-refractivity contribution in [2.75, 3.05) is 31.2 Å². The number of hydrogen-bond acceptors (Lipinski definition) is 5. The van der Waals surface area contributed by atoms with Crippen molar-refractivity contribution in [1.82, 2.24) is 9.88 Å². The van der Waals surface area contributed by atoms with E-state index >= 15 is 0 Å². The molecule has 3 aliphatic heterocycles. The molecule has 0 unspecified atom stereocenters. The number of aromatic nitrogens is 1. The van der Waals surface area contributed by atoms with Crippen LogP contribution in [0.2, 0.25) is 0 Å². The molecule has 34 heavy (non-hydrogen) atoms. The van der Waals surface area contributed by atoms with Crippen LogP contribution in [0.25, 0.3) is 5.57 Å².